The van der Waals surface area contributed by atoms with Crippen molar-refractivity contribution in [1.29, 1.82) is 0 Å². The first-order valence-corrected chi connectivity index (χ1v) is 13.3. The van der Waals surface area contributed by atoms with Crippen molar-refractivity contribution in [1.82, 2.24) is 19.9 Å². The van der Waals surface area contributed by atoms with E-state index in [9.17, 15) is 0 Å². The number of hydrogen-bond donors (Lipinski definition) is 0. The largest absolute Gasteiger partial charge is 0.381 e. The van der Waals surface area contributed by atoms with E-state index in [2.05, 4.69) is 34.9 Å². The van der Waals surface area contributed by atoms with Crippen molar-refractivity contribution >= 4 is 40.6 Å². The first kappa shape index (κ1) is 23.2. The maximum absolute atomic E-state index is 5.59. The lowest BCUT2D eigenvalue weighted by Gasteiger charge is -2.32. The molecule has 0 spiro atoms. The molecule has 2 aliphatic heterocycles. The monoisotopic (exact) mass is 485 g/mol. The summed E-state index contributed by atoms with van der Waals surface area (Å²) in [6.45, 7) is 3.72. The Bertz CT molecular complexity index is 1250. The van der Waals surface area contributed by atoms with E-state index in [0.29, 0.717) is 17.9 Å². The summed E-state index contributed by atoms with van der Waals surface area (Å²) >= 11 is 0. The highest BCUT2D eigenvalue weighted by Crippen LogP contribution is 2.32. The molecule has 2 saturated heterocycles. The van der Waals surface area contributed by atoms with Crippen molar-refractivity contribution < 1.29 is 4.74 Å². The first-order chi connectivity index (χ1) is 17.7. The van der Waals surface area contributed by atoms with Gasteiger partial charge in [0.25, 0.3) is 0 Å². The van der Waals surface area contributed by atoms with Crippen LogP contribution in [0, 0.1) is 0 Å². The second-order valence-corrected chi connectivity index (χ2v) is 10.2. The quantitative estimate of drug-likeness (QED) is 0.488. The van der Waals surface area contributed by atoms with Gasteiger partial charge in [-0.15, -0.1) is 0 Å². The molecule has 0 N–H and O–H groups in total. The second kappa shape index (κ2) is 10.0. The molecular weight excluding hydrogens is 450 g/mol. The van der Waals surface area contributed by atoms with Crippen molar-refractivity contribution in [2.24, 2.45) is 0 Å². The van der Waals surface area contributed by atoms with E-state index in [1.54, 1.807) is 0 Å². The molecule has 0 amide bonds. The zero-order chi connectivity index (χ0) is 24.5. The zero-order valence-corrected chi connectivity index (χ0v) is 21.3. The summed E-state index contributed by atoms with van der Waals surface area (Å²) in [6.07, 6.45) is 10.9. The molecule has 1 aliphatic carbocycles. The van der Waals surface area contributed by atoms with Crippen LogP contribution in [0.15, 0.2) is 30.3 Å². The van der Waals surface area contributed by atoms with Gasteiger partial charge < -0.3 is 19.4 Å². The molecular formula is C28H35N7O. The van der Waals surface area contributed by atoms with Gasteiger partial charge in [-0.1, -0.05) is 12.1 Å². The van der Waals surface area contributed by atoms with Crippen molar-refractivity contribution in [3.63, 3.8) is 0 Å². The third-order valence-corrected chi connectivity index (χ3v) is 7.64. The molecule has 3 aliphatic rings. The molecule has 4 heterocycles. The van der Waals surface area contributed by atoms with Gasteiger partial charge >= 0.3 is 0 Å². The number of aromatic nitrogens is 4. The van der Waals surface area contributed by atoms with E-state index < -0.39 is 0 Å². The third-order valence-electron chi connectivity index (χ3n) is 7.64. The molecule has 0 radical (unpaired) electrons. The lowest BCUT2D eigenvalue weighted by molar-refractivity contribution is 0.0853. The Balaban J connectivity index is 1.36. The highest BCUT2D eigenvalue weighted by molar-refractivity contribution is 5.81. The van der Waals surface area contributed by atoms with Crippen LogP contribution in [0.2, 0.25) is 0 Å². The van der Waals surface area contributed by atoms with Crippen molar-refractivity contribution in [3.05, 3.63) is 41.9 Å². The number of hydrogen-bond acceptors (Lipinski definition) is 8. The van der Waals surface area contributed by atoms with Gasteiger partial charge in [0.2, 0.25) is 0 Å². The first-order valence-electron chi connectivity index (χ1n) is 13.3. The highest BCUT2D eigenvalue weighted by Gasteiger charge is 2.29. The van der Waals surface area contributed by atoms with Crippen LogP contribution in [0.1, 0.15) is 50.0 Å². The molecule has 0 bridgehead atoms. The fraction of sp³-hybridized carbons (Fsp3) is 0.500. The Kier molecular flexibility index (Phi) is 6.44. The topological polar surface area (TPSA) is 70.5 Å². The Morgan fingerprint density at radius 2 is 1.53 bits per heavy atom. The van der Waals surface area contributed by atoms with Gasteiger partial charge in [0, 0.05) is 58.5 Å². The smallest absolute Gasteiger partial charge is 0.156 e. The fourth-order valence-electron chi connectivity index (χ4n) is 5.23. The average molecular weight is 486 g/mol. The summed E-state index contributed by atoms with van der Waals surface area (Å²) in [5.74, 6) is 3.61. The summed E-state index contributed by atoms with van der Waals surface area (Å²) in [6, 6.07) is 11.2. The highest BCUT2D eigenvalue weighted by atomic mass is 16.5. The van der Waals surface area contributed by atoms with Crippen LogP contribution in [0.25, 0.3) is 23.2 Å². The molecule has 0 unspecified atom stereocenters. The number of para-hydroxylation sites is 2. The van der Waals surface area contributed by atoms with Gasteiger partial charge in [-0.3, -0.25) is 0 Å². The number of nitrogens with zero attached hydrogens (tertiary/aromatic N) is 7. The van der Waals surface area contributed by atoms with Crippen LogP contribution in [-0.4, -0.2) is 72.4 Å². The minimum absolute atomic E-state index is 0.432. The van der Waals surface area contributed by atoms with Crippen molar-refractivity contribution in [3.8, 4) is 0 Å². The number of anilines is 3. The molecule has 8 nitrogen and oxygen atoms in total. The lowest BCUT2D eigenvalue weighted by atomic mass is 10.1. The summed E-state index contributed by atoms with van der Waals surface area (Å²) in [5.41, 5.74) is 2.68. The minimum atomic E-state index is 0.432. The van der Waals surface area contributed by atoms with Gasteiger partial charge in [-0.05, 0) is 62.8 Å². The van der Waals surface area contributed by atoms with E-state index in [4.69, 9.17) is 24.7 Å². The molecule has 0 atom stereocenters. The van der Waals surface area contributed by atoms with Gasteiger partial charge in [0.1, 0.15) is 17.3 Å². The number of rotatable bonds is 7. The summed E-state index contributed by atoms with van der Waals surface area (Å²) in [7, 11) is 4.27. The molecule has 6 rings (SSSR count). The van der Waals surface area contributed by atoms with Crippen LogP contribution in [-0.2, 0) is 4.74 Å². The molecule has 3 aromatic rings. The summed E-state index contributed by atoms with van der Waals surface area (Å²) in [4.78, 5) is 26.8. The molecule has 8 heteroatoms. The normalized spacial score (nSPS) is 18.9. The Morgan fingerprint density at radius 3 is 2.25 bits per heavy atom. The van der Waals surface area contributed by atoms with Gasteiger partial charge in [0.15, 0.2) is 11.6 Å². The Hall–Kier alpha value is -3.26. The molecule has 188 valence electrons. The fourth-order valence-corrected chi connectivity index (χ4v) is 5.23. The maximum atomic E-state index is 5.59. The van der Waals surface area contributed by atoms with Gasteiger partial charge in [-0.2, -0.15) is 0 Å². The average Bonchev–Trinajstić information content (AvgIpc) is 3.64. The number of ether oxygens (including phenoxy) is 1. The van der Waals surface area contributed by atoms with E-state index in [1.165, 1.54) is 25.7 Å². The minimum Gasteiger partial charge on any atom is -0.381 e. The lowest BCUT2D eigenvalue weighted by Crippen LogP contribution is -2.37. The predicted octanol–water partition coefficient (Wildman–Crippen LogP) is 4.40. The number of benzene rings is 1. The van der Waals surface area contributed by atoms with Crippen LogP contribution >= 0.6 is 0 Å². The van der Waals surface area contributed by atoms with E-state index >= 15 is 0 Å². The van der Waals surface area contributed by atoms with E-state index in [0.717, 1.165) is 73.3 Å². The van der Waals surface area contributed by atoms with E-state index in [-0.39, 0.29) is 0 Å². The molecule has 1 aromatic carbocycles. The molecule has 36 heavy (non-hydrogen) atoms. The van der Waals surface area contributed by atoms with Gasteiger partial charge in [0.05, 0.1) is 11.0 Å². The van der Waals surface area contributed by atoms with E-state index in [1.807, 2.05) is 36.4 Å². The second-order valence-electron chi connectivity index (χ2n) is 10.2. The molecule has 1 saturated carbocycles. The standard InChI is InChI=1S/C28H35N7O/c1-33(21-13-17-36-18-14-21)26-19-27(35-15-5-6-16-35)32-25(31-26)12-11-24-28(34(2)20-9-10-20)30-23-8-4-3-7-22(23)29-24/h3-4,7-8,11-12,19-21H,5-6,9-10,13-18H2,1-2H3. The van der Waals surface area contributed by atoms with Crippen LogP contribution in [0.4, 0.5) is 17.5 Å². The maximum Gasteiger partial charge on any atom is 0.156 e. The molecule has 2 aromatic heterocycles. The Morgan fingerprint density at radius 1 is 0.833 bits per heavy atom. The van der Waals surface area contributed by atoms with Gasteiger partial charge in [-0.25, -0.2) is 19.9 Å². The SMILES string of the molecule is CN(c1cc(N2CCCC2)nc(C=Cc2nc3ccccc3nc2N(C)C2CC2)n1)C1CCOCC1. The van der Waals surface area contributed by atoms with Crippen LogP contribution < -0.4 is 14.7 Å². The Labute approximate surface area is 213 Å². The van der Waals surface area contributed by atoms with Crippen LogP contribution in [0.3, 0.4) is 0 Å². The molecule has 3 fully saturated rings. The number of fused-ring (bicyclic) bond motifs is 1. The van der Waals surface area contributed by atoms with Crippen molar-refractivity contribution in [2.45, 2.75) is 50.6 Å². The van der Waals surface area contributed by atoms with Crippen LogP contribution in [0.5, 0.6) is 0 Å². The summed E-state index contributed by atoms with van der Waals surface area (Å²) < 4.78 is 5.59. The third kappa shape index (κ3) is 4.87. The zero-order valence-electron chi connectivity index (χ0n) is 21.3. The summed E-state index contributed by atoms with van der Waals surface area (Å²) in [5, 5.41) is 0. The van der Waals surface area contributed by atoms with Crippen molar-refractivity contribution in [2.75, 3.05) is 55.1 Å². The predicted molar refractivity (Wildman–Crippen MR) is 146 cm³/mol.